The summed E-state index contributed by atoms with van der Waals surface area (Å²) in [5.41, 5.74) is 34.3. The number of nitrogens with one attached hydrogen (secondary N) is 1. The van der Waals surface area contributed by atoms with Crippen molar-refractivity contribution in [3.8, 4) is 23.0 Å². The second kappa shape index (κ2) is 38.0. The van der Waals surface area contributed by atoms with Crippen LogP contribution in [0.2, 0.25) is 0 Å². The molecule has 8 N–H and O–H groups in total. The average molecular weight is 1170 g/mol. The van der Waals surface area contributed by atoms with Crippen LogP contribution in [0.5, 0.6) is 23.0 Å². The summed E-state index contributed by atoms with van der Waals surface area (Å²) in [6.07, 6.45) is 1.23. The number of amides is 3. The molecule has 22 nitrogen and oxygen atoms in total. The minimum atomic E-state index is -2.73. The van der Waals surface area contributed by atoms with Gasteiger partial charge in [-0.05, 0) is 148 Å². The number of azide groups is 2. The predicted molar refractivity (Wildman–Crippen MR) is 319 cm³/mol. The second-order valence-corrected chi connectivity index (χ2v) is 23.4. The van der Waals surface area contributed by atoms with E-state index >= 15 is 0 Å². The molecule has 0 bridgehead atoms. The first-order valence-corrected chi connectivity index (χ1v) is 27.9. The lowest BCUT2D eigenvalue weighted by atomic mass is 9.80. The van der Waals surface area contributed by atoms with Crippen LogP contribution in [0.15, 0.2) is 46.6 Å². The third kappa shape index (κ3) is 26.1. The van der Waals surface area contributed by atoms with E-state index in [1.54, 1.807) is 52.0 Å². The molecule has 0 radical (unpaired) electrons. The van der Waals surface area contributed by atoms with Gasteiger partial charge in [-0.15, -0.1) is 0 Å². The van der Waals surface area contributed by atoms with E-state index in [2.05, 4.69) is 39.2 Å². The molecule has 1 saturated heterocycles. The van der Waals surface area contributed by atoms with Gasteiger partial charge in [-0.25, -0.2) is 0 Å². The van der Waals surface area contributed by atoms with Crippen molar-refractivity contribution in [2.75, 3.05) is 67.7 Å². The minimum Gasteiger partial charge on any atom is -0.493 e. The Bertz CT molecular complexity index is 2780. The lowest BCUT2D eigenvalue weighted by molar-refractivity contribution is -0.146. The molecule has 0 aromatic heterocycles. The number of cyclic esters (lactones) is 1. The van der Waals surface area contributed by atoms with Crippen LogP contribution < -0.4 is 41.5 Å². The molecule has 3 amide bonds. The Morgan fingerprint density at radius 2 is 1.23 bits per heavy atom. The molecule has 464 valence electrons. The fraction of sp³-hybridized carbons (Fsp3) is 0.733. The molecule has 0 saturated carbocycles. The Balaban J connectivity index is 0.000000850. The van der Waals surface area contributed by atoms with Crippen molar-refractivity contribution >= 4 is 23.7 Å². The van der Waals surface area contributed by atoms with E-state index in [-0.39, 0.29) is 134 Å². The Hall–Kier alpha value is -6.02. The zero-order chi connectivity index (χ0) is 72.3. The van der Waals surface area contributed by atoms with Gasteiger partial charge in [0.25, 0.3) is 0 Å². The average Bonchev–Trinajstić information content (AvgIpc) is 1.37. The van der Waals surface area contributed by atoms with Gasteiger partial charge < -0.3 is 60.8 Å². The monoisotopic (exact) mass is 1170 g/mol. The smallest absolute Gasteiger partial charge is 0.309 e. The van der Waals surface area contributed by atoms with Crippen LogP contribution in [0.1, 0.15) is 149 Å². The van der Waals surface area contributed by atoms with Crippen molar-refractivity contribution in [1.29, 1.82) is 0 Å². The standard InChI is InChI=1S/C30H51N5O6.C25H39N3O5.C5H12N2O/c1-19(2)22(14-21-10-11-26(40-8)27(15-21)41-13-9-12-39-7)16-24(34-35-32)25(36)17-23(20(3)4)28(37)33-18-30(5,6)29(31)38;1-16(2)19(14-21(27-28-26)23-15-20(17(3)4)25(29)33-23)12-18-8-9-22(31-6)24(13-18)32-11-7-10-30-5;1-5(2,3-6)4(7)8/h10-11,15,19-20,22-25,36H,9,12-14,16-18H2,1-8H3,(H2,31,38)(H,33,37);8-9,13,16-17,19-21,23H,7,10-12,14-15H2,1-6H3;3,6H2,1-2H3,(H2,7,8)/t22-,23-,24-,25-;19-,20-,21-,23-;/m00./s1/i7D3,8D3;5D3,6D3;. The molecular weight excluding hydrogens is 1050 g/mol. The first-order valence-electron chi connectivity index (χ1n) is 33.9. The van der Waals surface area contributed by atoms with Crippen molar-refractivity contribution < 1.29 is 73.9 Å². The van der Waals surface area contributed by atoms with E-state index in [0.29, 0.717) is 38.6 Å². The summed E-state index contributed by atoms with van der Waals surface area (Å²) in [6.45, 7) is 22.7. The molecule has 8 atom stereocenters. The molecule has 1 aliphatic rings. The summed E-state index contributed by atoms with van der Waals surface area (Å²) in [5, 5.41) is 21.9. The van der Waals surface area contributed by atoms with Gasteiger partial charge in [-0.1, -0.05) is 77.8 Å². The number of ether oxygens (including phenoxy) is 7. The van der Waals surface area contributed by atoms with Crippen LogP contribution in [0.25, 0.3) is 20.9 Å². The number of methoxy groups -OCH3 is 4. The molecular formula is C60H102N10O12. The molecule has 82 heavy (non-hydrogen) atoms. The first-order chi connectivity index (χ1) is 43.2. The van der Waals surface area contributed by atoms with E-state index in [0.717, 1.165) is 11.1 Å². The van der Waals surface area contributed by atoms with Gasteiger partial charge in [-0.2, -0.15) is 0 Å². The van der Waals surface area contributed by atoms with Crippen LogP contribution in [-0.2, 0) is 46.2 Å². The summed E-state index contributed by atoms with van der Waals surface area (Å²) in [4.78, 5) is 53.5. The zero-order valence-electron chi connectivity index (χ0n) is 62.1. The van der Waals surface area contributed by atoms with E-state index < -0.39 is 75.1 Å². The number of carbonyl (C=O) groups excluding carboxylic acids is 4. The molecule has 0 spiro atoms. The molecule has 1 aliphatic heterocycles. The van der Waals surface area contributed by atoms with Crippen LogP contribution in [0.4, 0.5) is 0 Å². The Morgan fingerprint density at radius 1 is 0.732 bits per heavy atom. The SMILES string of the molecule is CC(C)(CN)C(N)=O.[2H]C([2H])([2H])OCCCOc1cc(C[C@@H](C[C@H](N=[N+]=[N-])[C@@H](O)C[C@H](C(=O)NCC(C)(C)C(N)=O)C(C)C)C(C)C)ccc1OC([2H])([2H])[2H].[2H]C([2H])([2H])OCCCOc1cc(C[C@@H](C[C@H](N=[N+]=[N-])[C@@H]2C[C@@H](C(C)C)C(=O)O2)C(C)C)ccc1OC([2H])([2H])[2H]. The van der Waals surface area contributed by atoms with E-state index in [9.17, 15) is 35.3 Å². The van der Waals surface area contributed by atoms with E-state index in [1.165, 1.54) is 12.1 Å². The maximum Gasteiger partial charge on any atom is 0.309 e. The van der Waals surface area contributed by atoms with Crippen LogP contribution in [0.3, 0.4) is 0 Å². The third-order valence-electron chi connectivity index (χ3n) is 14.8. The summed E-state index contributed by atoms with van der Waals surface area (Å²) >= 11 is 0. The lowest BCUT2D eigenvalue weighted by Crippen LogP contribution is -2.45. The Kier molecular flexibility index (Phi) is 25.5. The molecule has 1 heterocycles. The lowest BCUT2D eigenvalue weighted by Gasteiger charge is -2.30. The van der Waals surface area contributed by atoms with Crippen molar-refractivity contribution in [2.45, 2.75) is 159 Å². The van der Waals surface area contributed by atoms with Gasteiger partial charge in [0.05, 0.1) is 78.7 Å². The van der Waals surface area contributed by atoms with E-state index in [1.807, 2.05) is 41.5 Å². The highest BCUT2D eigenvalue weighted by molar-refractivity contribution is 5.83. The summed E-state index contributed by atoms with van der Waals surface area (Å²) in [7, 11) is -10.4. The molecule has 22 heteroatoms. The topological polar surface area (TPSA) is 341 Å². The van der Waals surface area contributed by atoms with Gasteiger partial charge >= 0.3 is 5.97 Å². The van der Waals surface area contributed by atoms with Gasteiger partial charge in [0.1, 0.15) is 6.10 Å². The number of benzene rings is 2. The molecule has 3 rings (SSSR count). The Morgan fingerprint density at radius 3 is 1.62 bits per heavy atom. The maximum absolute atomic E-state index is 13.1. The molecule has 0 aliphatic carbocycles. The summed E-state index contributed by atoms with van der Waals surface area (Å²) in [5.74, 6) is -1.78. The highest BCUT2D eigenvalue weighted by Gasteiger charge is 2.41. The zero-order valence-corrected chi connectivity index (χ0v) is 50.1. The Labute approximate surface area is 505 Å². The fourth-order valence-corrected chi connectivity index (χ4v) is 8.61. The number of nitrogens with two attached hydrogens (primary N) is 3. The first kappa shape index (κ1) is 55.2. The van der Waals surface area contributed by atoms with Gasteiger partial charge in [0.15, 0.2) is 23.0 Å². The number of esters is 1. The minimum absolute atomic E-state index is 0.00816. The number of carbonyl (C=O) groups is 4. The number of nitrogens with zero attached hydrogens (tertiary/aromatic N) is 6. The highest BCUT2D eigenvalue weighted by atomic mass is 16.6. The van der Waals surface area contributed by atoms with Crippen LogP contribution in [-0.4, -0.2) is 121 Å². The summed E-state index contributed by atoms with van der Waals surface area (Å²) in [6, 6.07) is 8.46. The predicted octanol–water partition coefficient (Wildman–Crippen LogP) is 9.68. The normalized spacial score (nSPS) is 19.2. The summed E-state index contributed by atoms with van der Waals surface area (Å²) < 4.78 is 124. The largest absolute Gasteiger partial charge is 0.493 e. The number of aliphatic hydroxyl groups excluding tert-OH is 1. The quantitative estimate of drug-likeness (QED) is 0.0140. The number of hydrogen-bond donors (Lipinski definition) is 5. The molecule has 1 fully saturated rings. The fourth-order valence-electron chi connectivity index (χ4n) is 8.61. The molecule has 2 aromatic rings. The van der Waals surface area contributed by atoms with Crippen LogP contribution in [0, 0.1) is 58.2 Å². The number of primary amides is 2. The van der Waals surface area contributed by atoms with Crippen molar-refractivity contribution in [3.63, 3.8) is 0 Å². The van der Waals surface area contributed by atoms with Crippen molar-refractivity contribution in [1.82, 2.24) is 5.32 Å². The van der Waals surface area contributed by atoms with E-state index in [4.69, 9.17) is 66.8 Å². The number of rotatable bonds is 36. The maximum atomic E-state index is 13.1. The number of hydrogen-bond acceptors (Lipinski definition) is 15. The third-order valence-corrected chi connectivity index (χ3v) is 14.8. The van der Waals surface area contributed by atoms with Crippen LogP contribution >= 0.6 is 0 Å². The van der Waals surface area contributed by atoms with Gasteiger partial charge in [0, 0.05) is 69.0 Å². The highest BCUT2D eigenvalue weighted by Crippen LogP contribution is 2.37. The second-order valence-electron chi connectivity index (χ2n) is 23.4. The van der Waals surface area contributed by atoms with Crippen molar-refractivity contribution in [2.24, 2.45) is 85.6 Å². The van der Waals surface area contributed by atoms with Crippen molar-refractivity contribution in [3.05, 3.63) is 68.4 Å². The molecule has 2 aromatic carbocycles. The molecule has 0 unspecified atom stereocenters. The van der Waals surface area contributed by atoms with Gasteiger partial charge in [-0.3, -0.25) is 19.2 Å². The number of aliphatic hydroxyl groups is 1. The van der Waals surface area contributed by atoms with Gasteiger partial charge in [0.2, 0.25) is 17.7 Å².